The number of hydrogen-bond donors (Lipinski definition) is 1. The molecule has 0 radical (unpaired) electrons. The molecule has 0 aliphatic carbocycles. The summed E-state index contributed by atoms with van der Waals surface area (Å²) in [6.45, 7) is 7.48. The van der Waals surface area contributed by atoms with Gasteiger partial charge in [-0.25, -0.2) is 4.39 Å². The van der Waals surface area contributed by atoms with Crippen molar-refractivity contribution in [2.45, 2.75) is 38.1 Å². The zero-order chi connectivity index (χ0) is 14.0. The lowest BCUT2D eigenvalue weighted by Gasteiger charge is -2.40. The van der Waals surface area contributed by atoms with Crippen LogP contribution in [0.5, 0.6) is 0 Å². The fourth-order valence-corrected chi connectivity index (χ4v) is 3.72. The lowest BCUT2D eigenvalue weighted by atomic mass is 10.0. The first-order valence-corrected chi connectivity index (χ1v) is 7.95. The summed E-state index contributed by atoms with van der Waals surface area (Å²) in [5.74, 6) is 0.993. The Balaban J connectivity index is 2.41. The van der Waals surface area contributed by atoms with Crippen LogP contribution in [0.3, 0.4) is 0 Å². The lowest BCUT2D eigenvalue weighted by molar-refractivity contribution is 0.552. The van der Waals surface area contributed by atoms with E-state index in [1.54, 1.807) is 6.07 Å². The number of nitrogens with one attached hydrogen (secondary N) is 1. The SMILES string of the molecule is CNC(C)c1c(F)cccc1N1CCSC(C)C1C. The van der Waals surface area contributed by atoms with Gasteiger partial charge < -0.3 is 10.2 Å². The van der Waals surface area contributed by atoms with Crippen molar-refractivity contribution in [3.8, 4) is 0 Å². The molecule has 1 aromatic rings. The highest BCUT2D eigenvalue weighted by molar-refractivity contribution is 8.00. The fourth-order valence-electron chi connectivity index (χ4n) is 2.62. The summed E-state index contributed by atoms with van der Waals surface area (Å²) in [6, 6.07) is 5.87. The number of benzene rings is 1. The third kappa shape index (κ3) is 2.90. The van der Waals surface area contributed by atoms with E-state index in [9.17, 15) is 4.39 Å². The van der Waals surface area contributed by atoms with Crippen molar-refractivity contribution in [2.75, 3.05) is 24.2 Å². The first kappa shape index (κ1) is 14.7. The van der Waals surface area contributed by atoms with E-state index in [0.29, 0.717) is 11.3 Å². The molecule has 0 aromatic heterocycles. The molecule has 1 aromatic carbocycles. The van der Waals surface area contributed by atoms with E-state index < -0.39 is 0 Å². The van der Waals surface area contributed by atoms with E-state index in [1.165, 1.54) is 0 Å². The Kier molecular flexibility index (Phi) is 4.74. The van der Waals surface area contributed by atoms with E-state index in [2.05, 4.69) is 24.1 Å². The van der Waals surface area contributed by atoms with Crippen LogP contribution in [-0.2, 0) is 0 Å². The largest absolute Gasteiger partial charge is 0.367 e. The molecule has 1 saturated heterocycles. The van der Waals surface area contributed by atoms with Gasteiger partial charge >= 0.3 is 0 Å². The zero-order valence-corrected chi connectivity index (χ0v) is 12.9. The highest BCUT2D eigenvalue weighted by Crippen LogP contribution is 2.34. The van der Waals surface area contributed by atoms with Crippen molar-refractivity contribution in [1.29, 1.82) is 0 Å². The Labute approximate surface area is 119 Å². The quantitative estimate of drug-likeness (QED) is 0.914. The maximum absolute atomic E-state index is 14.2. The number of hydrogen-bond acceptors (Lipinski definition) is 3. The molecule has 1 N–H and O–H groups in total. The summed E-state index contributed by atoms with van der Waals surface area (Å²) in [5.41, 5.74) is 1.83. The highest BCUT2D eigenvalue weighted by atomic mass is 32.2. The molecule has 3 unspecified atom stereocenters. The molecule has 2 nitrogen and oxygen atoms in total. The maximum Gasteiger partial charge on any atom is 0.130 e. The summed E-state index contributed by atoms with van der Waals surface area (Å²) in [7, 11) is 1.87. The maximum atomic E-state index is 14.2. The lowest BCUT2D eigenvalue weighted by Crippen LogP contribution is -2.45. The Morgan fingerprint density at radius 2 is 2.16 bits per heavy atom. The molecular formula is C15H23FN2S. The summed E-state index contributed by atoms with van der Waals surface area (Å²) in [4.78, 5) is 2.35. The first-order valence-electron chi connectivity index (χ1n) is 6.90. The molecule has 0 amide bonds. The van der Waals surface area contributed by atoms with Crippen molar-refractivity contribution >= 4 is 17.4 Å². The topological polar surface area (TPSA) is 15.3 Å². The smallest absolute Gasteiger partial charge is 0.130 e. The van der Waals surface area contributed by atoms with Gasteiger partial charge in [0.05, 0.1) is 0 Å². The third-order valence-electron chi connectivity index (χ3n) is 4.09. The van der Waals surface area contributed by atoms with Gasteiger partial charge in [0.2, 0.25) is 0 Å². The van der Waals surface area contributed by atoms with Crippen molar-refractivity contribution in [2.24, 2.45) is 0 Å². The van der Waals surface area contributed by atoms with Crippen molar-refractivity contribution in [3.63, 3.8) is 0 Å². The van der Waals surface area contributed by atoms with Crippen LogP contribution < -0.4 is 10.2 Å². The Morgan fingerprint density at radius 3 is 2.84 bits per heavy atom. The molecule has 4 heteroatoms. The predicted molar refractivity (Wildman–Crippen MR) is 82.6 cm³/mol. The van der Waals surface area contributed by atoms with Gasteiger partial charge in [-0.1, -0.05) is 13.0 Å². The van der Waals surface area contributed by atoms with Crippen molar-refractivity contribution in [1.82, 2.24) is 5.32 Å². The number of rotatable bonds is 3. The molecule has 19 heavy (non-hydrogen) atoms. The molecule has 0 saturated carbocycles. The second-order valence-electron chi connectivity index (χ2n) is 5.19. The van der Waals surface area contributed by atoms with E-state index >= 15 is 0 Å². The molecule has 1 aliphatic rings. The minimum Gasteiger partial charge on any atom is -0.367 e. The van der Waals surface area contributed by atoms with E-state index in [4.69, 9.17) is 0 Å². The Morgan fingerprint density at radius 1 is 1.42 bits per heavy atom. The zero-order valence-electron chi connectivity index (χ0n) is 12.1. The predicted octanol–water partition coefficient (Wildman–Crippen LogP) is 3.44. The summed E-state index contributed by atoms with van der Waals surface area (Å²) in [6.07, 6.45) is 0. The average molecular weight is 282 g/mol. The molecule has 3 atom stereocenters. The van der Waals surface area contributed by atoms with Gasteiger partial charge in [0.1, 0.15) is 5.82 Å². The molecule has 0 spiro atoms. The van der Waals surface area contributed by atoms with E-state index in [0.717, 1.165) is 23.5 Å². The summed E-state index contributed by atoms with van der Waals surface area (Å²) in [5, 5.41) is 3.73. The second-order valence-corrected chi connectivity index (χ2v) is 6.68. The third-order valence-corrected chi connectivity index (χ3v) is 5.43. The standard InChI is InChI=1S/C15H23FN2S/c1-10(17-4)15-13(16)6-5-7-14(15)18-8-9-19-12(3)11(18)2/h5-7,10-12,17H,8-9H2,1-4H3. The number of halogens is 1. The number of nitrogens with zero attached hydrogens (tertiary/aromatic N) is 1. The molecule has 0 bridgehead atoms. The van der Waals surface area contributed by atoms with E-state index in [-0.39, 0.29) is 11.9 Å². The Bertz CT molecular complexity index is 438. The van der Waals surface area contributed by atoms with Crippen LogP contribution in [0.1, 0.15) is 32.4 Å². The van der Waals surface area contributed by atoms with Gasteiger partial charge in [0, 0.05) is 40.9 Å². The molecule has 1 heterocycles. The van der Waals surface area contributed by atoms with Crippen LogP contribution in [0, 0.1) is 5.82 Å². The molecule has 2 rings (SSSR count). The average Bonchev–Trinajstić information content (AvgIpc) is 2.41. The van der Waals surface area contributed by atoms with Crippen LogP contribution in [0.2, 0.25) is 0 Å². The van der Waals surface area contributed by atoms with Crippen molar-refractivity contribution in [3.05, 3.63) is 29.6 Å². The monoisotopic (exact) mass is 282 g/mol. The van der Waals surface area contributed by atoms with Gasteiger partial charge in [-0.2, -0.15) is 11.8 Å². The molecule has 106 valence electrons. The van der Waals surface area contributed by atoms with Gasteiger partial charge in [0.15, 0.2) is 0 Å². The van der Waals surface area contributed by atoms with Gasteiger partial charge in [-0.05, 0) is 33.0 Å². The number of thioether (sulfide) groups is 1. The summed E-state index contributed by atoms with van der Waals surface area (Å²) < 4.78 is 14.2. The first-order chi connectivity index (χ1) is 9.06. The van der Waals surface area contributed by atoms with Gasteiger partial charge in [-0.3, -0.25) is 0 Å². The fraction of sp³-hybridized carbons (Fsp3) is 0.600. The second kappa shape index (κ2) is 6.14. The van der Waals surface area contributed by atoms with Crippen LogP contribution >= 0.6 is 11.8 Å². The van der Waals surface area contributed by atoms with Gasteiger partial charge in [0.25, 0.3) is 0 Å². The van der Waals surface area contributed by atoms with Crippen LogP contribution in [-0.4, -0.2) is 30.6 Å². The van der Waals surface area contributed by atoms with Crippen LogP contribution in [0.15, 0.2) is 18.2 Å². The van der Waals surface area contributed by atoms with Crippen LogP contribution in [0.4, 0.5) is 10.1 Å². The minimum absolute atomic E-state index is 0.0216. The Hall–Kier alpha value is -0.740. The number of anilines is 1. The highest BCUT2D eigenvalue weighted by Gasteiger charge is 2.28. The van der Waals surface area contributed by atoms with Crippen LogP contribution in [0.25, 0.3) is 0 Å². The molecule has 1 aliphatic heterocycles. The van der Waals surface area contributed by atoms with E-state index in [1.807, 2.05) is 37.9 Å². The normalized spacial score (nSPS) is 25.4. The van der Waals surface area contributed by atoms with Crippen molar-refractivity contribution < 1.29 is 4.39 Å². The van der Waals surface area contributed by atoms with Gasteiger partial charge in [-0.15, -0.1) is 0 Å². The minimum atomic E-state index is -0.113. The summed E-state index contributed by atoms with van der Waals surface area (Å²) >= 11 is 2.00. The molecular weight excluding hydrogens is 259 g/mol. The molecule has 1 fully saturated rings.